The van der Waals surface area contributed by atoms with E-state index in [0.29, 0.717) is 44.9 Å². The minimum Gasteiger partial charge on any atom is -0.321 e. The van der Waals surface area contributed by atoms with E-state index >= 15 is 0 Å². The van der Waals surface area contributed by atoms with Gasteiger partial charge in [0.1, 0.15) is 16.9 Å². The predicted octanol–water partition coefficient (Wildman–Crippen LogP) is 3.88. The Balaban J connectivity index is 1.40. The Morgan fingerprint density at radius 1 is 0.976 bits per heavy atom. The van der Waals surface area contributed by atoms with Gasteiger partial charge >= 0.3 is 0 Å². The molecule has 0 amide bonds. The molecular weight excluding hydrogens is 545 g/mol. The van der Waals surface area contributed by atoms with Gasteiger partial charge in [0, 0.05) is 42.8 Å². The summed E-state index contributed by atoms with van der Waals surface area (Å²) in [4.78, 5) is 23.8. The van der Waals surface area contributed by atoms with Gasteiger partial charge in [0.2, 0.25) is 10.0 Å². The van der Waals surface area contributed by atoms with Crippen molar-refractivity contribution in [2.24, 2.45) is 0 Å². The van der Waals surface area contributed by atoms with Crippen LogP contribution in [-0.2, 0) is 23.1 Å². The number of rotatable bonds is 8. The lowest BCUT2D eigenvalue weighted by atomic mass is 10.0. The standard InChI is InChI=1S/C28H26FN9O2S/c1-38(2)15-17-9-19(14-30-12-17)22-4-5-23-25(33-22)26(37-36-23)28-34-24-21(6-7-31-27(24)35-28)18-8-16(10-20(29)11-18)13-32-41(3,39)40/h4-12,14,32H,13,15H2,1-3H3,(H,36,37)(H,31,34,35). The van der Waals surface area contributed by atoms with E-state index in [1.165, 1.54) is 12.1 Å². The fourth-order valence-electron chi connectivity index (χ4n) is 4.68. The quantitative estimate of drug-likeness (QED) is 0.250. The summed E-state index contributed by atoms with van der Waals surface area (Å²) in [6.07, 6.45) is 6.28. The van der Waals surface area contributed by atoms with Gasteiger partial charge in [-0.1, -0.05) is 0 Å². The third-order valence-corrected chi connectivity index (χ3v) is 7.08. The van der Waals surface area contributed by atoms with Crippen molar-refractivity contribution in [1.82, 2.24) is 44.7 Å². The minimum absolute atomic E-state index is 0.0372. The molecule has 0 saturated carbocycles. The second kappa shape index (κ2) is 10.4. The van der Waals surface area contributed by atoms with Gasteiger partial charge in [-0.2, -0.15) is 5.10 Å². The monoisotopic (exact) mass is 571 g/mol. The highest BCUT2D eigenvalue weighted by Gasteiger charge is 2.18. The molecule has 0 aliphatic rings. The normalized spacial score (nSPS) is 12.1. The number of pyridine rings is 3. The Labute approximate surface area is 235 Å². The van der Waals surface area contributed by atoms with Crippen molar-refractivity contribution in [2.75, 3.05) is 20.4 Å². The van der Waals surface area contributed by atoms with Crippen molar-refractivity contribution in [3.05, 3.63) is 78.0 Å². The highest BCUT2D eigenvalue weighted by molar-refractivity contribution is 7.88. The minimum atomic E-state index is -3.44. The average molecular weight is 572 g/mol. The summed E-state index contributed by atoms with van der Waals surface area (Å²) >= 11 is 0. The average Bonchev–Trinajstić information content (AvgIpc) is 3.54. The summed E-state index contributed by atoms with van der Waals surface area (Å²) in [7, 11) is 0.575. The number of halogens is 1. The van der Waals surface area contributed by atoms with Crippen LogP contribution in [0.15, 0.2) is 61.1 Å². The first-order valence-electron chi connectivity index (χ1n) is 12.7. The summed E-state index contributed by atoms with van der Waals surface area (Å²) < 4.78 is 40.0. The van der Waals surface area contributed by atoms with E-state index in [4.69, 9.17) is 9.97 Å². The van der Waals surface area contributed by atoms with Gasteiger partial charge in [-0.05, 0) is 73.3 Å². The number of imidazole rings is 1. The summed E-state index contributed by atoms with van der Waals surface area (Å²) in [6.45, 7) is 0.722. The molecule has 0 atom stereocenters. The molecule has 5 aromatic heterocycles. The van der Waals surface area contributed by atoms with E-state index in [0.717, 1.165) is 35.1 Å². The van der Waals surface area contributed by atoms with Gasteiger partial charge in [-0.15, -0.1) is 0 Å². The number of sulfonamides is 1. The maximum Gasteiger partial charge on any atom is 0.209 e. The van der Waals surface area contributed by atoms with Gasteiger partial charge in [0.15, 0.2) is 17.2 Å². The topological polar surface area (TPSA) is 145 Å². The lowest BCUT2D eigenvalue weighted by Crippen LogP contribution is -2.21. The molecule has 0 spiro atoms. The first-order chi connectivity index (χ1) is 19.6. The fraction of sp³-hybridized carbons (Fsp3) is 0.179. The molecule has 41 heavy (non-hydrogen) atoms. The van der Waals surface area contributed by atoms with Crippen molar-refractivity contribution in [1.29, 1.82) is 0 Å². The van der Waals surface area contributed by atoms with Crippen LogP contribution in [0, 0.1) is 5.82 Å². The van der Waals surface area contributed by atoms with Crippen molar-refractivity contribution < 1.29 is 12.8 Å². The smallest absolute Gasteiger partial charge is 0.209 e. The summed E-state index contributed by atoms with van der Waals surface area (Å²) in [5, 5.41) is 7.49. The molecule has 5 heterocycles. The molecule has 13 heteroatoms. The lowest BCUT2D eigenvalue weighted by Gasteiger charge is -2.10. The number of hydrogen-bond acceptors (Lipinski definition) is 8. The van der Waals surface area contributed by atoms with Crippen molar-refractivity contribution in [3.8, 4) is 33.9 Å². The third-order valence-electron chi connectivity index (χ3n) is 6.41. The summed E-state index contributed by atoms with van der Waals surface area (Å²) in [5.41, 5.74) is 7.25. The van der Waals surface area contributed by atoms with Crippen LogP contribution in [0.2, 0.25) is 0 Å². The van der Waals surface area contributed by atoms with Crippen molar-refractivity contribution >= 4 is 32.2 Å². The van der Waals surface area contributed by atoms with E-state index in [9.17, 15) is 12.8 Å². The Bertz CT molecular complexity index is 2020. The molecular formula is C28H26FN9O2S. The molecule has 0 unspecified atom stereocenters. The molecule has 0 aliphatic carbocycles. The molecule has 0 bridgehead atoms. The number of benzene rings is 1. The second-order valence-corrected chi connectivity index (χ2v) is 11.9. The molecule has 3 N–H and O–H groups in total. The van der Waals surface area contributed by atoms with Gasteiger partial charge in [0.05, 0.1) is 17.5 Å². The van der Waals surface area contributed by atoms with E-state index < -0.39 is 15.8 Å². The first kappa shape index (κ1) is 26.6. The van der Waals surface area contributed by atoms with E-state index in [-0.39, 0.29) is 6.54 Å². The van der Waals surface area contributed by atoms with E-state index in [2.05, 4.69) is 40.8 Å². The van der Waals surface area contributed by atoms with Crippen LogP contribution in [0.1, 0.15) is 11.1 Å². The molecule has 0 fully saturated rings. The van der Waals surface area contributed by atoms with E-state index in [1.54, 1.807) is 24.5 Å². The number of hydrogen-bond donors (Lipinski definition) is 3. The lowest BCUT2D eigenvalue weighted by molar-refractivity contribution is 0.402. The maximum absolute atomic E-state index is 14.6. The van der Waals surface area contributed by atoms with Gasteiger partial charge in [-0.3, -0.25) is 10.1 Å². The van der Waals surface area contributed by atoms with Crippen LogP contribution < -0.4 is 4.72 Å². The number of H-pyrrole nitrogens is 2. The maximum atomic E-state index is 14.6. The summed E-state index contributed by atoms with van der Waals surface area (Å²) in [6, 6.07) is 12.0. The van der Waals surface area contributed by atoms with Crippen LogP contribution in [0.3, 0.4) is 0 Å². The fourth-order valence-corrected chi connectivity index (χ4v) is 5.11. The van der Waals surface area contributed by atoms with Crippen molar-refractivity contribution in [3.63, 3.8) is 0 Å². The van der Waals surface area contributed by atoms with Gasteiger partial charge in [0.25, 0.3) is 0 Å². The SMILES string of the molecule is CN(C)Cc1cncc(-c2ccc3[nH]nc(-c4nc5c(-c6cc(F)cc(CNS(C)(=O)=O)c6)ccnc5[nH]4)c3n2)c1. The Morgan fingerprint density at radius 2 is 1.80 bits per heavy atom. The van der Waals surface area contributed by atoms with Crippen LogP contribution in [0.25, 0.3) is 56.1 Å². The first-order valence-corrected chi connectivity index (χ1v) is 14.6. The Hall–Kier alpha value is -4.59. The van der Waals surface area contributed by atoms with Crippen LogP contribution >= 0.6 is 0 Å². The van der Waals surface area contributed by atoms with E-state index in [1.807, 2.05) is 32.4 Å². The molecule has 0 radical (unpaired) electrons. The molecule has 1 aromatic carbocycles. The molecule has 6 aromatic rings. The van der Waals surface area contributed by atoms with Crippen LogP contribution in [0.5, 0.6) is 0 Å². The zero-order valence-electron chi connectivity index (χ0n) is 22.5. The van der Waals surface area contributed by atoms with Crippen molar-refractivity contribution in [2.45, 2.75) is 13.1 Å². The number of aromatic nitrogens is 7. The van der Waals surface area contributed by atoms with Crippen LogP contribution in [-0.4, -0.2) is 68.8 Å². The molecule has 11 nitrogen and oxygen atoms in total. The van der Waals surface area contributed by atoms with Gasteiger partial charge in [-0.25, -0.2) is 32.5 Å². The largest absolute Gasteiger partial charge is 0.321 e. The molecule has 0 saturated heterocycles. The number of nitrogens with one attached hydrogen (secondary N) is 3. The molecule has 6 rings (SSSR count). The molecule has 208 valence electrons. The highest BCUT2D eigenvalue weighted by atomic mass is 32.2. The Morgan fingerprint density at radius 3 is 2.61 bits per heavy atom. The number of aromatic amines is 2. The highest BCUT2D eigenvalue weighted by Crippen LogP contribution is 2.32. The van der Waals surface area contributed by atoms with Gasteiger partial charge < -0.3 is 9.88 Å². The Kier molecular flexibility index (Phi) is 6.77. The zero-order chi connectivity index (χ0) is 28.7. The summed E-state index contributed by atoms with van der Waals surface area (Å²) in [5.74, 6) is -0.0432. The third kappa shape index (κ3) is 5.68. The number of fused-ring (bicyclic) bond motifs is 2. The van der Waals surface area contributed by atoms with Crippen LogP contribution in [0.4, 0.5) is 4.39 Å². The second-order valence-electron chi connectivity index (χ2n) is 10.1. The predicted molar refractivity (Wildman–Crippen MR) is 154 cm³/mol. The number of nitrogens with zero attached hydrogens (tertiary/aromatic N) is 6. The zero-order valence-corrected chi connectivity index (χ0v) is 23.3. The molecule has 0 aliphatic heterocycles.